The second kappa shape index (κ2) is 7.30. The fraction of sp³-hybridized carbons (Fsp3) is 0.500. The van der Waals surface area contributed by atoms with Gasteiger partial charge in [0.2, 0.25) is 0 Å². The average Bonchev–Trinajstić information content (AvgIpc) is 2.31. The Bertz CT molecular complexity index is 393. The van der Waals surface area contributed by atoms with Gasteiger partial charge < -0.3 is 14.6 Å². The van der Waals surface area contributed by atoms with E-state index >= 15 is 0 Å². The number of aliphatic hydroxyl groups excluding tert-OH is 1. The minimum absolute atomic E-state index is 0.0956. The summed E-state index contributed by atoms with van der Waals surface area (Å²) in [4.78, 5) is 0. The van der Waals surface area contributed by atoms with E-state index in [1.165, 1.54) is 12.1 Å². The first-order valence-electron chi connectivity index (χ1n) is 5.58. The number of alkyl halides is 3. The largest absolute Gasteiger partial charge is 0.493 e. The minimum Gasteiger partial charge on any atom is -0.493 e. The van der Waals surface area contributed by atoms with Crippen molar-refractivity contribution in [2.45, 2.75) is 19.2 Å². The summed E-state index contributed by atoms with van der Waals surface area (Å²) in [6.45, 7) is -1.60. The molecule has 0 aliphatic heterocycles. The quantitative estimate of drug-likeness (QED) is 0.617. The summed E-state index contributed by atoms with van der Waals surface area (Å²) < 4.78 is 57.8. The monoisotopic (exact) mass is 282 g/mol. The van der Waals surface area contributed by atoms with Gasteiger partial charge in [0.25, 0.3) is 0 Å². The number of rotatable bonds is 7. The first kappa shape index (κ1) is 15.7. The van der Waals surface area contributed by atoms with Gasteiger partial charge in [0.15, 0.2) is 0 Å². The predicted octanol–water partition coefficient (Wildman–Crippen LogP) is 2.67. The van der Waals surface area contributed by atoms with Crippen LogP contribution in [0.4, 0.5) is 17.6 Å². The van der Waals surface area contributed by atoms with E-state index in [0.717, 1.165) is 6.07 Å². The zero-order valence-corrected chi connectivity index (χ0v) is 10.0. The van der Waals surface area contributed by atoms with Crippen LogP contribution in [0.5, 0.6) is 5.75 Å². The summed E-state index contributed by atoms with van der Waals surface area (Å²) in [6, 6.07) is 3.76. The molecular formula is C12H14F4O3. The van der Waals surface area contributed by atoms with E-state index < -0.39 is 18.6 Å². The number of hydrogen-bond acceptors (Lipinski definition) is 3. The standard InChI is InChI=1S/C12H14F4O3/c13-10-4-9(7-17)5-11(6-10)19-3-1-2-18-8-12(14,15)16/h4-6,17H,1-3,7-8H2. The third-order valence-corrected chi connectivity index (χ3v) is 2.08. The number of halogens is 4. The van der Waals surface area contributed by atoms with E-state index in [1.807, 2.05) is 0 Å². The number of aliphatic hydroxyl groups is 1. The maximum Gasteiger partial charge on any atom is 0.411 e. The lowest BCUT2D eigenvalue weighted by atomic mass is 10.2. The highest BCUT2D eigenvalue weighted by Crippen LogP contribution is 2.17. The number of hydrogen-bond donors (Lipinski definition) is 1. The van der Waals surface area contributed by atoms with Crippen molar-refractivity contribution < 1.29 is 32.1 Å². The summed E-state index contributed by atoms with van der Waals surface area (Å²) in [6.07, 6.45) is -4.08. The van der Waals surface area contributed by atoms with Crippen LogP contribution in [0, 0.1) is 5.82 Å². The molecule has 1 aromatic carbocycles. The molecular weight excluding hydrogens is 268 g/mol. The molecule has 0 aliphatic rings. The third kappa shape index (κ3) is 6.97. The summed E-state index contributed by atoms with van der Waals surface area (Å²) in [5.41, 5.74) is 0.364. The Morgan fingerprint density at radius 1 is 1.11 bits per heavy atom. The Labute approximate surface area is 107 Å². The molecule has 0 saturated carbocycles. The van der Waals surface area contributed by atoms with Gasteiger partial charge in [0, 0.05) is 12.5 Å². The molecule has 0 spiro atoms. The van der Waals surface area contributed by atoms with Crippen molar-refractivity contribution in [3.63, 3.8) is 0 Å². The summed E-state index contributed by atoms with van der Waals surface area (Å²) in [5, 5.41) is 8.86. The lowest BCUT2D eigenvalue weighted by Crippen LogP contribution is -2.18. The molecule has 19 heavy (non-hydrogen) atoms. The van der Waals surface area contributed by atoms with Gasteiger partial charge in [-0.3, -0.25) is 0 Å². The molecule has 0 atom stereocenters. The number of benzene rings is 1. The predicted molar refractivity (Wildman–Crippen MR) is 59.3 cm³/mol. The molecule has 1 aromatic rings. The third-order valence-electron chi connectivity index (χ3n) is 2.08. The van der Waals surface area contributed by atoms with Gasteiger partial charge in [-0.1, -0.05) is 0 Å². The second-order valence-electron chi connectivity index (χ2n) is 3.82. The highest BCUT2D eigenvalue weighted by Gasteiger charge is 2.27. The minimum atomic E-state index is -4.33. The molecule has 0 bridgehead atoms. The Balaban J connectivity index is 2.24. The maximum absolute atomic E-state index is 13.0. The first-order valence-corrected chi connectivity index (χ1v) is 5.58. The fourth-order valence-corrected chi connectivity index (χ4v) is 1.33. The van der Waals surface area contributed by atoms with Crippen LogP contribution < -0.4 is 4.74 Å². The summed E-state index contributed by atoms with van der Waals surface area (Å²) in [5.74, 6) is -0.324. The SMILES string of the molecule is OCc1cc(F)cc(OCCCOCC(F)(F)F)c1. The highest BCUT2D eigenvalue weighted by atomic mass is 19.4. The van der Waals surface area contributed by atoms with Crippen molar-refractivity contribution >= 4 is 0 Å². The molecule has 0 aliphatic carbocycles. The molecule has 1 N–H and O–H groups in total. The van der Waals surface area contributed by atoms with Gasteiger partial charge in [0.1, 0.15) is 18.2 Å². The molecule has 7 heteroatoms. The van der Waals surface area contributed by atoms with Crippen LogP contribution in [-0.4, -0.2) is 31.1 Å². The van der Waals surface area contributed by atoms with Crippen LogP contribution in [0.25, 0.3) is 0 Å². The molecule has 0 radical (unpaired) electrons. The molecule has 0 unspecified atom stereocenters. The lowest BCUT2D eigenvalue weighted by molar-refractivity contribution is -0.174. The zero-order chi connectivity index (χ0) is 14.3. The van der Waals surface area contributed by atoms with Crippen LogP contribution in [0.1, 0.15) is 12.0 Å². The van der Waals surface area contributed by atoms with Crippen molar-refractivity contribution in [2.24, 2.45) is 0 Å². The molecule has 3 nitrogen and oxygen atoms in total. The highest BCUT2D eigenvalue weighted by molar-refractivity contribution is 5.29. The van der Waals surface area contributed by atoms with Crippen LogP contribution in [0.3, 0.4) is 0 Å². The topological polar surface area (TPSA) is 38.7 Å². The Morgan fingerprint density at radius 2 is 1.84 bits per heavy atom. The van der Waals surface area contributed by atoms with Gasteiger partial charge >= 0.3 is 6.18 Å². The van der Waals surface area contributed by atoms with Crippen molar-refractivity contribution in [2.75, 3.05) is 19.8 Å². The van der Waals surface area contributed by atoms with Crippen molar-refractivity contribution in [3.05, 3.63) is 29.6 Å². The van der Waals surface area contributed by atoms with Gasteiger partial charge in [-0.2, -0.15) is 13.2 Å². The van der Waals surface area contributed by atoms with E-state index in [9.17, 15) is 17.6 Å². The Kier molecular flexibility index (Phi) is 6.04. The normalized spacial score (nSPS) is 11.6. The van der Waals surface area contributed by atoms with Crippen molar-refractivity contribution in [1.29, 1.82) is 0 Å². The zero-order valence-electron chi connectivity index (χ0n) is 10.0. The van der Waals surface area contributed by atoms with Crippen LogP contribution >= 0.6 is 0 Å². The van der Waals surface area contributed by atoms with E-state index in [0.29, 0.717) is 5.56 Å². The van der Waals surface area contributed by atoms with Crippen LogP contribution in [-0.2, 0) is 11.3 Å². The second-order valence-corrected chi connectivity index (χ2v) is 3.82. The van der Waals surface area contributed by atoms with Gasteiger partial charge in [-0.05, 0) is 17.7 Å². The van der Waals surface area contributed by atoms with E-state index in [4.69, 9.17) is 9.84 Å². The van der Waals surface area contributed by atoms with Gasteiger partial charge in [0.05, 0.1) is 19.8 Å². The van der Waals surface area contributed by atoms with Crippen LogP contribution in [0.2, 0.25) is 0 Å². The van der Waals surface area contributed by atoms with E-state index in [-0.39, 0.29) is 32.0 Å². The van der Waals surface area contributed by atoms with E-state index in [1.54, 1.807) is 0 Å². The summed E-state index contributed by atoms with van der Waals surface area (Å²) >= 11 is 0. The first-order chi connectivity index (χ1) is 8.90. The fourth-order valence-electron chi connectivity index (χ4n) is 1.33. The maximum atomic E-state index is 13.0. The lowest BCUT2D eigenvalue weighted by Gasteiger charge is -2.09. The van der Waals surface area contributed by atoms with Crippen LogP contribution in [0.15, 0.2) is 18.2 Å². The molecule has 0 fully saturated rings. The number of ether oxygens (including phenoxy) is 2. The average molecular weight is 282 g/mol. The smallest absolute Gasteiger partial charge is 0.411 e. The Morgan fingerprint density at radius 3 is 2.47 bits per heavy atom. The molecule has 108 valence electrons. The molecule has 0 saturated heterocycles. The molecule has 1 rings (SSSR count). The van der Waals surface area contributed by atoms with Gasteiger partial charge in [-0.15, -0.1) is 0 Å². The summed E-state index contributed by atoms with van der Waals surface area (Å²) in [7, 11) is 0. The molecule has 0 amide bonds. The van der Waals surface area contributed by atoms with Crippen molar-refractivity contribution in [3.8, 4) is 5.75 Å². The van der Waals surface area contributed by atoms with Crippen molar-refractivity contribution in [1.82, 2.24) is 0 Å². The van der Waals surface area contributed by atoms with Gasteiger partial charge in [-0.25, -0.2) is 4.39 Å². The van der Waals surface area contributed by atoms with E-state index in [2.05, 4.69) is 4.74 Å². The Hall–Kier alpha value is -1.34. The molecule has 0 aromatic heterocycles. The molecule has 0 heterocycles.